The van der Waals surface area contributed by atoms with E-state index in [4.69, 9.17) is 21.1 Å². The number of hydrogen-bond acceptors (Lipinski definition) is 12. The SMILES string of the molecule is CC1(C)CCC(CN2CCN(c3ccc(C(=O)NS(=O)(=O)c4ccc(NC5CCC(NC6CCOCC6)CC5)c([N+](=O)[O-])c4)c(Oc4ccc5[nH]ccc5n4)c3)CC2)=C(c2ccc(Cl)cc2)C1. The van der Waals surface area contributed by atoms with E-state index >= 15 is 0 Å². The lowest BCUT2D eigenvalue weighted by molar-refractivity contribution is -0.384. The van der Waals surface area contributed by atoms with E-state index in [0.717, 1.165) is 126 Å². The number of nitrogens with zero attached hydrogens (tertiary/aromatic N) is 4. The molecule has 4 heterocycles. The number of allylic oxidation sites excluding steroid dienone is 1. The fourth-order valence-electron chi connectivity index (χ4n) is 9.97. The summed E-state index contributed by atoms with van der Waals surface area (Å²) in [5.74, 6) is -0.625. The first-order valence-electron chi connectivity index (χ1n) is 23.4. The molecule has 3 fully saturated rings. The van der Waals surface area contributed by atoms with E-state index in [9.17, 15) is 23.3 Å². The molecule has 2 aliphatic carbocycles. The zero-order valence-corrected chi connectivity index (χ0v) is 39.6. The standard InChI is InChI=1S/C50H59ClN8O7S/c1-50(2)21-17-34(42(31-50)33-3-5-35(51)6-4-33)32-57-23-25-58(26-24-57)39-11-13-41(47(29-39)66-48-16-15-43-44(55-48)18-22-52-43)49(60)56-67(63,64)40-12-14-45(46(30-40)59(61)62)54-37-9-7-36(8-10-37)53-38-19-27-65-28-20-38/h3-6,11-16,18,22,29-30,36-38,52-54H,7-10,17,19-21,23-28,31-32H2,1-2H3,(H,56,60). The van der Waals surface area contributed by atoms with Gasteiger partial charge in [0.05, 0.1) is 26.4 Å². The van der Waals surface area contributed by atoms with Gasteiger partial charge < -0.3 is 30.0 Å². The molecule has 15 nitrogen and oxygen atoms in total. The summed E-state index contributed by atoms with van der Waals surface area (Å²) in [6, 6.07) is 23.0. The van der Waals surface area contributed by atoms with Gasteiger partial charge in [0.15, 0.2) is 0 Å². The predicted molar refractivity (Wildman–Crippen MR) is 262 cm³/mol. The average molecular weight is 952 g/mol. The van der Waals surface area contributed by atoms with Gasteiger partial charge in [0, 0.05) is 99.2 Å². The van der Waals surface area contributed by atoms with Gasteiger partial charge in [-0.3, -0.25) is 19.8 Å². The van der Waals surface area contributed by atoms with Crippen LogP contribution >= 0.6 is 11.6 Å². The molecular weight excluding hydrogens is 892 g/mol. The minimum absolute atomic E-state index is 0.00712. The number of piperazine rings is 1. The number of nitrogens with one attached hydrogen (secondary N) is 4. The maximum Gasteiger partial charge on any atom is 0.293 e. The van der Waals surface area contributed by atoms with Gasteiger partial charge >= 0.3 is 0 Å². The largest absolute Gasteiger partial charge is 0.438 e. The number of carbonyl (C=O) groups is 1. The van der Waals surface area contributed by atoms with Crippen LogP contribution in [0.2, 0.25) is 5.02 Å². The third kappa shape index (κ3) is 11.3. The van der Waals surface area contributed by atoms with Gasteiger partial charge in [0.25, 0.3) is 21.6 Å². The van der Waals surface area contributed by atoms with Gasteiger partial charge in [-0.25, -0.2) is 18.1 Å². The van der Waals surface area contributed by atoms with Crippen molar-refractivity contribution in [2.45, 2.75) is 94.7 Å². The lowest BCUT2D eigenvalue weighted by Crippen LogP contribution is -2.47. The first kappa shape index (κ1) is 46.6. The second kappa shape index (κ2) is 20.0. The van der Waals surface area contributed by atoms with Crippen molar-refractivity contribution in [1.82, 2.24) is 24.9 Å². The van der Waals surface area contributed by atoms with Gasteiger partial charge in [0.2, 0.25) is 5.88 Å². The third-order valence-corrected chi connectivity index (χ3v) is 15.4. The Labute approximate surface area is 396 Å². The Bertz CT molecular complexity index is 2740. The highest BCUT2D eigenvalue weighted by Crippen LogP contribution is 2.43. The molecular formula is C50H59ClN8O7S. The van der Waals surface area contributed by atoms with Crippen LogP contribution in [-0.2, 0) is 14.8 Å². The smallest absolute Gasteiger partial charge is 0.293 e. The van der Waals surface area contributed by atoms with Crippen molar-refractivity contribution >= 4 is 61.2 Å². The van der Waals surface area contributed by atoms with Gasteiger partial charge in [0.1, 0.15) is 11.4 Å². The lowest BCUT2D eigenvalue weighted by atomic mass is 9.72. The number of nitro benzene ring substituents is 1. The molecule has 17 heteroatoms. The summed E-state index contributed by atoms with van der Waals surface area (Å²) in [5.41, 5.74) is 6.40. The molecule has 4 N–H and O–H groups in total. The van der Waals surface area contributed by atoms with Gasteiger partial charge in [-0.2, -0.15) is 0 Å². The molecule has 0 bridgehead atoms. The number of ether oxygens (including phenoxy) is 2. The number of H-pyrrole nitrogens is 1. The van der Waals surface area contributed by atoms with E-state index in [1.165, 1.54) is 28.8 Å². The van der Waals surface area contributed by atoms with E-state index in [-0.39, 0.29) is 40.0 Å². The summed E-state index contributed by atoms with van der Waals surface area (Å²) >= 11 is 6.25. The van der Waals surface area contributed by atoms with Crippen molar-refractivity contribution < 1.29 is 27.6 Å². The van der Waals surface area contributed by atoms with Gasteiger partial charge in [-0.05, 0) is 123 Å². The molecule has 4 aliphatic rings. The van der Waals surface area contributed by atoms with Crippen molar-refractivity contribution in [3.63, 3.8) is 0 Å². The number of hydrogen-bond donors (Lipinski definition) is 4. The van der Waals surface area contributed by atoms with Crippen molar-refractivity contribution in [3.05, 3.63) is 117 Å². The molecule has 5 aromatic rings. The van der Waals surface area contributed by atoms with Gasteiger partial charge in [-0.1, -0.05) is 43.2 Å². The molecule has 0 atom stereocenters. The number of amides is 1. The van der Waals surface area contributed by atoms with E-state index in [2.05, 4.69) is 61.1 Å². The first-order valence-corrected chi connectivity index (χ1v) is 25.3. The summed E-state index contributed by atoms with van der Waals surface area (Å²) < 4.78 is 41.6. The maximum atomic E-state index is 14.0. The molecule has 9 rings (SSSR count). The van der Waals surface area contributed by atoms with Crippen LogP contribution in [0.15, 0.2) is 95.5 Å². The van der Waals surface area contributed by atoms with E-state index < -0.39 is 25.7 Å². The molecule has 0 unspecified atom stereocenters. The predicted octanol–water partition coefficient (Wildman–Crippen LogP) is 9.31. The highest BCUT2D eigenvalue weighted by atomic mass is 35.5. The average Bonchev–Trinajstić information content (AvgIpc) is 3.79. The van der Waals surface area contributed by atoms with Crippen molar-refractivity contribution in [2.75, 3.05) is 56.2 Å². The first-order chi connectivity index (χ1) is 32.2. The Hall–Kier alpha value is -5.52. The number of pyridine rings is 1. The molecule has 1 saturated carbocycles. The second-order valence-electron chi connectivity index (χ2n) is 19.2. The van der Waals surface area contributed by atoms with Crippen molar-refractivity contribution in [1.29, 1.82) is 0 Å². The molecule has 1 amide bonds. The summed E-state index contributed by atoms with van der Waals surface area (Å²) in [5, 5.41) is 20.1. The molecule has 3 aromatic carbocycles. The number of rotatable bonds is 14. The van der Waals surface area contributed by atoms with Crippen molar-refractivity contribution in [2.24, 2.45) is 5.41 Å². The molecule has 354 valence electrons. The van der Waals surface area contributed by atoms with Crippen LogP contribution in [-0.4, -0.2) is 98.2 Å². The van der Waals surface area contributed by atoms with E-state index in [0.29, 0.717) is 17.6 Å². The van der Waals surface area contributed by atoms with Crippen LogP contribution in [0.4, 0.5) is 17.1 Å². The summed E-state index contributed by atoms with van der Waals surface area (Å²) in [7, 11) is -4.58. The third-order valence-electron chi connectivity index (χ3n) is 13.8. The van der Waals surface area contributed by atoms with Gasteiger partial charge in [-0.15, -0.1) is 0 Å². The fourth-order valence-corrected chi connectivity index (χ4v) is 11.1. The van der Waals surface area contributed by atoms with E-state index in [1.54, 1.807) is 36.5 Å². The monoisotopic (exact) mass is 950 g/mol. The minimum Gasteiger partial charge on any atom is -0.438 e. The maximum absolute atomic E-state index is 14.0. The highest BCUT2D eigenvalue weighted by molar-refractivity contribution is 7.90. The number of aromatic nitrogens is 2. The Morgan fingerprint density at radius 2 is 1.66 bits per heavy atom. The summed E-state index contributed by atoms with van der Waals surface area (Å²) in [4.78, 5) is 37.8. The number of anilines is 2. The second-order valence-corrected chi connectivity index (χ2v) is 21.3. The zero-order valence-electron chi connectivity index (χ0n) is 38.1. The zero-order chi connectivity index (χ0) is 46.7. The molecule has 2 aromatic heterocycles. The summed E-state index contributed by atoms with van der Waals surface area (Å²) in [6.45, 7) is 10.2. The van der Waals surface area contributed by atoms with Crippen LogP contribution in [0, 0.1) is 15.5 Å². The van der Waals surface area contributed by atoms with Crippen molar-refractivity contribution in [3.8, 4) is 11.6 Å². The Kier molecular flexibility index (Phi) is 13.9. The lowest BCUT2D eigenvalue weighted by Gasteiger charge is -2.39. The number of fused-ring (bicyclic) bond motifs is 1. The number of carbonyl (C=O) groups excluding carboxylic acids is 1. The van der Waals surface area contributed by atoms with Crippen LogP contribution < -0.4 is 25.0 Å². The number of aromatic amines is 1. The highest BCUT2D eigenvalue weighted by Gasteiger charge is 2.32. The topological polar surface area (TPSA) is 184 Å². The van der Waals surface area contributed by atoms with Crippen LogP contribution in [0.5, 0.6) is 11.6 Å². The molecule has 2 saturated heterocycles. The van der Waals surface area contributed by atoms with Crippen LogP contribution in [0.25, 0.3) is 16.6 Å². The normalized spacial score (nSPS) is 20.7. The number of halogens is 1. The Balaban J connectivity index is 0.894. The molecule has 67 heavy (non-hydrogen) atoms. The van der Waals surface area contributed by atoms with E-state index in [1.807, 2.05) is 18.2 Å². The fraction of sp³-hybridized carbons (Fsp3) is 0.440. The summed E-state index contributed by atoms with van der Waals surface area (Å²) in [6.07, 6.45) is 10.4. The number of sulfonamides is 1. The Morgan fingerprint density at radius 1 is 0.925 bits per heavy atom. The molecule has 0 radical (unpaired) electrons. The number of nitro groups is 1. The van der Waals surface area contributed by atoms with Crippen LogP contribution in [0.3, 0.4) is 0 Å². The Morgan fingerprint density at radius 3 is 2.40 bits per heavy atom. The molecule has 2 aliphatic heterocycles. The molecule has 0 spiro atoms. The van der Waals surface area contributed by atoms with Crippen LogP contribution in [0.1, 0.15) is 87.6 Å². The minimum atomic E-state index is -4.58. The number of benzene rings is 3. The quantitative estimate of drug-likeness (QED) is 0.0612.